The molecule has 0 radical (unpaired) electrons. The molecule has 1 aromatic heterocycles. The van der Waals surface area contributed by atoms with E-state index in [9.17, 15) is 14.4 Å². The lowest BCUT2D eigenvalue weighted by Crippen LogP contribution is -2.41. The maximum Gasteiger partial charge on any atom is 0.331 e. The summed E-state index contributed by atoms with van der Waals surface area (Å²) in [6, 6.07) is 14.2. The number of carbonyl (C=O) groups is 1. The molecule has 134 valence electrons. The highest BCUT2D eigenvalue weighted by atomic mass is 35.5. The first-order valence-electron chi connectivity index (χ1n) is 8.17. The molecule has 26 heavy (non-hydrogen) atoms. The van der Waals surface area contributed by atoms with Gasteiger partial charge < -0.3 is 5.32 Å². The summed E-state index contributed by atoms with van der Waals surface area (Å²) in [5.41, 5.74) is 0.624. The molecule has 0 atom stereocenters. The summed E-state index contributed by atoms with van der Waals surface area (Å²) >= 11 is 5.85. The van der Waals surface area contributed by atoms with E-state index in [1.807, 2.05) is 12.1 Å². The molecule has 7 heteroatoms. The zero-order valence-electron chi connectivity index (χ0n) is 14.2. The molecular weight excluding hydrogens is 354 g/mol. The minimum Gasteiger partial charge on any atom is -0.354 e. The number of rotatable bonds is 5. The van der Waals surface area contributed by atoms with Crippen LogP contribution in [0.2, 0.25) is 5.02 Å². The Bertz CT molecular complexity index is 1070. The zero-order valence-corrected chi connectivity index (χ0v) is 15.0. The highest BCUT2D eigenvalue weighted by Gasteiger charge is 2.12. The topological polar surface area (TPSA) is 73.1 Å². The molecule has 0 aliphatic rings. The van der Waals surface area contributed by atoms with Crippen molar-refractivity contribution >= 4 is 28.4 Å². The molecule has 0 aliphatic carbocycles. The summed E-state index contributed by atoms with van der Waals surface area (Å²) in [6.45, 7) is 0.299. The lowest BCUT2D eigenvalue weighted by atomic mass is 10.1. The molecule has 3 aromatic rings. The number of nitrogens with one attached hydrogen (secondary N) is 1. The first-order valence-corrected chi connectivity index (χ1v) is 8.55. The molecule has 0 saturated heterocycles. The molecule has 0 unspecified atom stereocenters. The fourth-order valence-electron chi connectivity index (χ4n) is 2.79. The van der Waals surface area contributed by atoms with Crippen LogP contribution in [-0.4, -0.2) is 21.6 Å². The van der Waals surface area contributed by atoms with Gasteiger partial charge in [0, 0.05) is 18.6 Å². The van der Waals surface area contributed by atoms with Gasteiger partial charge in [0.15, 0.2) is 0 Å². The molecule has 1 amide bonds. The minimum atomic E-state index is -0.512. The van der Waals surface area contributed by atoms with Gasteiger partial charge in [0.2, 0.25) is 5.91 Å². The Balaban J connectivity index is 1.74. The van der Waals surface area contributed by atoms with Gasteiger partial charge in [-0.25, -0.2) is 4.79 Å². The number of nitrogens with zero attached hydrogens (tertiary/aromatic N) is 2. The van der Waals surface area contributed by atoms with Gasteiger partial charge in [-0.2, -0.15) is 0 Å². The fraction of sp³-hybridized carbons (Fsp3) is 0.211. The van der Waals surface area contributed by atoms with E-state index in [4.69, 9.17) is 11.6 Å². The normalized spacial score (nSPS) is 10.8. The zero-order chi connectivity index (χ0) is 18.7. The van der Waals surface area contributed by atoms with Crippen LogP contribution in [0.3, 0.4) is 0 Å². The predicted octanol–water partition coefficient (Wildman–Crippen LogP) is 1.71. The average Bonchev–Trinajstić information content (AvgIpc) is 2.65. The van der Waals surface area contributed by atoms with Crippen molar-refractivity contribution in [1.29, 1.82) is 0 Å². The van der Waals surface area contributed by atoms with Crippen LogP contribution in [0.4, 0.5) is 0 Å². The number of hydrogen-bond donors (Lipinski definition) is 1. The monoisotopic (exact) mass is 371 g/mol. The number of carbonyl (C=O) groups excluding carboxylic acids is 1. The van der Waals surface area contributed by atoms with E-state index in [2.05, 4.69) is 5.32 Å². The second kappa shape index (κ2) is 7.58. The maximum absolute atomic E-state index is 12.4. The van der Waals surface area contributed by atoms with E-state index < -0.39 is 5.69 Å². The van der Waals surface area contributed by atoms with E-state index in [0.29, 0.717) is 28.9 Å². The summed E-state index contributed by atoms with van der Waals surface area (Å²) in [5.74, 6) is -0.287. The quantitative estimate of drug-likeness (QED) is 0.742. The number of aromatic nitrogens is 2. The van der Waals surface area contributed by atoms with E-state index in [1.54, 1.807) is 36.4 Å². The van der Waals surface area contributed by atoms with Crippen molar-refractivity contribution < 1.29 is 4.79 Å². The molecule has 2 aromatic carbocycles. The van der Waals surface area contributed by atoms with Crippen LogP contribution in [0.25, 0.3) is 10.9 Å². The van der Waals surface area contributed by atoms with E-state index in [0.717, 1.165) is 10.1 Å². The largest absolute Gasteiger partial charge is 0.354 e. The molecule has 0 aliphatic heterocycles. The summed E-state index contributed by atoms with van der Waals surface area (Å²) in [7, 11) is 1.41. The lowest BCUT2D eigenvalue weighted by molar-refractivity contribution is -0.121. The smallest absolute Gasteiger partial charge is 0.331 e. The molecule has 3 rings (SSSR count). The lowest BCUT2D eigenvalue weighted by Gasteiger charge is -2.12. The number of hydrogen-bond acceptors (Lipinski definition) is 3. The van der Waals surface area contributed by atoms with E-state index in [1.165, 1.54) is 11.6 Å². The van der Waals surface area contributed by atoms with Crippen LogP contribution in [0, 0.1) is 0 Å². The van der Waals surface area contributed by atoms with Gasteiger partial charge in [0.05, 0.1) is 10.9 Å². The number of amides is 1. The maximum atomic E-state index is 12.4. The highest BCUT2D eigenvalue weighted by Crippen LogP contribution is 2.10. The summed E-state index contributed by atoms with van der Waals surface area (Å²) < 4.78 is 2.33. The van der Waals surface area contributed by atoms with Crippen LogP contribution < -0.4 is 16.6 Å². The Morgan fingerprint density at radius 3 is 2.50 bits per heavy atom. The third-order valence-electron chi connectivity index (χ3n) is 4.20. The Morgan fingerprint density at radius 2 is 1.77 bits per heavy atom. The van der Waals surface area contributed by atoms with Crippen LogP contribution >= 0.6 is 11.6 Å². The van der Waals surface area contributed by atoms with Crippen molar-refractivity contribution in [2.75, 3.05) is 6.54 Å². The number of fused-ring (bicyclic) bond motifs is 1. The van der Waals surface area contributed by atoms with Gasteiger partial charge in [-0.3, -0.25) is 18.7 Å². The van der Waals surface area contributed by atoms with Gasteiger partial charge in [-0.05, 0) is 36.2 Å². The van der Waals surface area contributed by atoms with Crippen LogP contribution in [0.5, 0.6) is 0 Å². The first kappa shape index (κ1) is 17.9. The van der Waals surface area contributed by atoms with Crippen molar-refractivity contribution in [2.24, 2.45) is 7.05 Å². The van der Waals surface area contributed by atoms with Crippen molar-refractivity contribution in [3.05, 3.63) is 80.0 Å². The van der Waals surface area contributed by atoms with Gasteiger partial charge in [-0.15, -0.1) is 0 Å². The SMILES string of the molecule is Cn1c(=O)c2ccccc2n(CC(=O)NCCc2ccc(Cl)cc2)c1=O. The van der Waals surface area contributed by atoms with Crippen molar-refractivity contribution in [2.45, 2.75) is 13.0 Å². The predicted molar refractivity (Wildman–Crippen MR) is 102 cm³/mol. The number of benzene rings is 2. The Kier molecular flexibility index (Phi) is 5.23. The van der Waals surface area contributed by atoms with Crippen LogP contribution in [0.1, 0.15) is 5.56 Å². The highest BCUT2D eigenvalue weighted by molar-refractivity contribution is 6.30. The summed E-state index contributed by atoms with van der Waals surface area (Å²) in [4.78, 5) is 36.8. The second-order valence-electron chi connectivity index (χ2n) is 5.98. The first-order chi connectivity index (χ1) is 12.5. The Morgan fingerprint density at radius 1 is 1.08 bits per heavy atom. The van der Waals surface area contributed by atoms with Crippen molar-refractivity contribution in [3.63, 3.8) is 0 Å². The van der Waals surface area contributed by atoms with Crippen molar-refractivity contribution in [3.8, 4) is 0 Å². The number of para-hydroxylation sites is 1. The van der Waals surface area contributed by atoms with Gasteiger partial charge in [0.25, 0.3) is 5.56 Å². The molecule has 1 N–H and O–H groups in total. The third kappa shape index (κ3) is 3.70. The van der Waals surface area contributed by atoms with Gasteiger partial charge in [0.1, 0.15) is 6.54 Å². The fourth-order valence-corrected chi connectivity index (χ4v) is 2.92. The van der Waals surface area contributed by atoms with Gasteiger partial charge >= 0.3 is 5.69 Å². The molecule has 0 fully saturated rings. The molecule has 6 nitrogen and oxygen atoms in total. The Labute approximate surface area is 154 Å². The standard InChI is InChI=1S/C19H18ClN3O3/c1-22-18(25)15-4-2-3-5-16(15)23(19(22)26)12-17(24)21-11-10-13-6-8-14(20)9-7-13/h2-9H,10-12H2,1H3,(H,21,24). The minimum absolute atomic E-state index is 0.145. The third-order valence-corrected chi connectivity index (χ3v) is 4.45. The van der Waals surface area contributed by atoms with E-state index in [-0.39, 0.29) is 18.0 Å². The van der Waals surface area contributed by atoms with Gasteiger partial charge in [-0.1, -0.05) is 35.9 Å². The molecule has 0 saturated carbocycles. The van der Waals surface area contributed by atoms with Crippen LogP contribution in [0.15, 0.2) is 58.1 Å². The van der Waals surface area contributed by atoms with Crippen LogP contribution in [-0.2, 0) is 24.8 Å². The Hall–Kier alpha value is -2.86. The molecular formula is C19H18ClN3O3. The molecule has 1 heterocycles. The van der Waals surface area contributed by atoms with Crippen molar-refractivity contribution in [1.82, 2.24) is 14.5 Å². The second-order valence-corrected chi connectivity index (χ2v) is 6.41. The summed E-state index contributed by atoms with van der Waals surface area (Å²) in [6.07, 6.45) is 0.659. The molecule has 0 spiro atoms. The average molecular weight is 372 g/mol. The molecule has 0 bridgehead atoms. The number of halogens is 1. The van der Waals surface area contributed by atoms with E-state index >= 15 is 0 Å². The summed E-state index contributed by atoms with van der Waals surface area (Å²) in [5, 5.41) is 3.87.